The number of aromatic nitrogens is 1. The molecule has 0 unspecified atom stereocenters. The molecule has 1 rings (SSSR count). The molecule has 20 heavy (non-hydrogen) atoms. The Morgan fingerprint density at radius 1 is 1.45 bits per heavy atom. The van der Waals surface area contributed by atoms with Gasteiger partial charge in [-0.05, 0) is 19.4 Å². The van der Waals surface area contributed by atoms with Gasteiger partial charge in [-0.2, -0.15) is 0 Å². The molecule has 0 aliphatic carbocycles. The summed E-state index contributed by atoms with van der Waals surface area (Å²) in [6.45, 7) is 1.12. The molecule has 3 N–H and O–H groups in total. The third-order valence-electron chi connectivity index (χ3n) is 2.64. The average molecular weight is 299 g/mol. The number of amides is 1. The molecule has 0 aromatic carbocycles. The zero-order valence-corrected chi connectivity index (χ0v) is 12.5. The van der Waals surface area contributed by atoms with Gasteiger partial charge in [-0.3, -0.25) is 9.59 Å². The molecule has 7 heteroatoms. The third kappa shape index (κ3) is 6.63. The number of hydrogen-bond acceptors (Lipinski definition) is 6. The van der Waals surface area contributed by atoms with Gasteiger partial charge in [0.1, 0.15) is 0 Å². The highest BCUT2D eigenvalue weighted by Gasteiger charge is 2.07. The van der Waals surface area contributed by atoms with E-state index in [2.05, 4.69) is 15.0 Å². The standard InChI is InChI=1S/C13H21N3O3S/c1-19-13(18)5-3-7-15-11(17)8-10-9-20-12(16-10)4-2-6-14/h9H,2-8,14H2,1H3,(H,15,17). The van der Waals surface area contributed by atoms with Crippen molar-refractivity contribution in [2.45, 2.75) is 32.1 Å². The summed E-state index contributed by atoms with van der Waals surface area (Å²) in [5, 5.41) is 5.68. The van der Waals surface area contributed by atoms with Crippen LogP contribution >= 0.6 is 11.3 Å². The molecule has 0 fully saturated rings. The Balaban J connectivity index is 2.21. The minimum absolute atomic E-state index is 0.0782. The molecule has 112 valence electrons. The van der Waals surface area contributed by atoms with Crippen LogP contribution in [-0.4, -0.2) is 37.1 Å². The summed E-state index contributed by atoms with van der Waals surface area (Å²) in [5.74, 6) is -0.339. The molecule has 1 aromatic rings. The summed E-state index contributed by atoms with van der Waals surface area (Å²) >= 11 is 1.56. The first-order valence-corrected chi connectivity index (χ1v) is 7.50. The Morgan fingerprint density at radius 3 is 2.95 bits per heavy atom. The molecule has 1 aromatic heterocycles. The quantitative estimate of drug-likeness (QED) is 0.515. The largest absolute Gasteiger partial charge is 0.469 e. The van der Waals surface area contributed by atoms with Crippen LogP contribution in [-0.2, 0) is 27.2 Å². The summed E-state index contributed by atoms with van der Waals surface area (Å²) in [6.07, 6.45) is 2.94. The number of hydrogen-bond donors (Lipinski definition) is 2. The van der Waals surface area contributed by atoms with Crippen molar-refractivity contribution in [1.29, 1.82) is 0 Å². The fourth-order valence-electron chi connectivity index (χ4n) is 1.59. The molecule has 0 aliphatic rings. The van der Waals surface area contributed by atoms with Gasteiger partial charge in [0.05, 0.1) is 24.2 Å². The lowest BCUT2D eigenvalue weighted by molar-refractivity contribution is -0.140. The maximum Gasteiger partial charge on any atom is 0.305 e. The molecule has 0 saturated carbocycles. The van der Waals surface area contributed by atoms with Crippen molar-refractivity contribution in [3.63, 3.8) is 0 Å². The number of nitrogens with one attached hydrogen (secondary N) is 1. The molecule has 0 atom stereocenters. The van der Waals surface area contributed by atoms with Crippen molar-refractivity contribution in [3.05, 3.63) is 16.1 Å². The Morgan fingerprint density at radius 2 is 2.25 bits per heavy atom. The first-order valence-electron chi connectivity index (χ1n) is 6.62. The van der Waals surface area contributed by atoms with E-state index in [1.165, 1.54) is 7.11 Å². The van der Waals surface area contributed by atoms with Crippen LogP contribution in [0.2, 0.25) is 0 Å². The van der Waals surface area contributed by atoms with E-state index < -0.39 is 0 Å². The molecule has 0 radical (unpaired) electrons. The summed E-state index contributed by atoms with van der Waals surface area (Å²) in [5.41, 5.74) is 6.23. The van der Waals surface area contributed by atoms with Crippen molar-refractivity contribution in [2.24, 2.45) is 5.73 Å². The minimum Gasteiger partial charge on any atom is -0.469 e. The van der Waals surface area contributed by atoms with Crippen molar-refractivity contribution in [1.82, 2.24) is 10.3 Å². The summed E-state index contributed by atoms with van der Waals surface area (Å²) in [7, 11) is 1.35. The maximum atomic E-state index is 11.7. The number of carbonyl (C=O) groups excluding carboxylic acids is 2. The number of nitrogens with two attached hydrogens (primary N) is 1. The van der Waals surface area contributed by atoms with Gasteiger partial charge in [-0.25, -0.2) is 4.98 Å². The van der Waals surface area contributed by atoms with E-state index in [0.717, 1.165) is 23.5 Å². The normalized spacial score (nSPS) is 10.3. The molecule has 0 spiro atoms. The van der Waals surface area contributed by atoms with E-state index in [1.807, 2.05) is 5.38 Å². The molecule has 1 heterocycles. The first kappa shape index (κ1) is 16.6. The lowest BCUT2D eigenvalue weighted by Crippen LogP contribution is -2.26. The van der Waals surface area contributed by atoms with Gasteiger partial charge in [0, 0.05) is 24.8 Å². The number of thiazole rings is 1. The maximum absolute atomic E-state index is 11.7. The number of aryl methyl sites for hydroxylation is 1. The van der Waals surface area contributed by atoms with Gasteiger partial charge in [0.15, 0.2) is 0 Å². The summed E-state index contributed by atoms with van der Waals surface area (Å²) in [4.78, 5) is 26.9. The van der Waals surface area contributed by atoms with Gasteiger partial charge in [-0.1, -0.05) is 0 Å². The smallest absolute Gasteiger partial charge is 0.305 e. The average Bonchev–Trinajstić information content (AvgIpc) is 2.88. The number of ether oxygens (including phenoxy) is 1. The van der Waals surface area contributed by atoms with Crippen molar-refractivity contribution >= 4 is 23.2 Å². The molecular formula is C13H21N3O3S. The Kier molecular flexibility index (Phi) is 7.82. The van der Waals surface area contributed by atoms with Crippen LogP contribution in [0.15, 0.2) is 5.38 Å². The molecule has 1 amide bonds. The predicted octanol–water partition coefficient (Wildman–Crippen LogP) is 0.646. The van der Waals surface area contributed by atoms with E-state index in [1.54, 1.807) is 11.3 Å². The Bertz CT molecular complexity index is 434. The zero-order chi connectivity index (χ0) is 14.8. The number of rotatable bonds is 9. The summed E-state index contributed by atoms with van der Waals surface area (Å²) < 4.78 is 4.52. The highest BCUT2D eigenvalue weighted by Crippen LogP contribution is 2.12. The zero-order valence-electron chi connectivity index (χ0n) is 11.7. The topological polar surface area (TPSA) is 94.3 Å². The minimum atomic E-state index is -0.261. The van der Waals surface area contributed by atoms with Gasteiger partial charge < -0.3 is 15.8 Å². The second-order valence-electron chi connectivity index (χ2n) is 4.33. The van der Waals surface area contributed by atoms with E-state index in [4.69, 9.17) is 5.73 Å². The first-order chi connectivity index (χ1) is 9.65. The van der Waals surface area contributed by atoms with E-state index >= 15 is 0 Å². The van der Waals surface area contributed by atoms with E-state index in [0.29, 0.717) is 25.9 Å². The lowest BCUT2D eigenvalue weighted by Gasteiger charge is -2.03. The highest BCUT2D eigenvalue weighted by atomic mass is 32.1. The van der Waals surface area contributed by atoms with Crippen molar-refractivity contribution < 1.29 is 14.3 Å². The van der Waals surface area contributed by atoms with Gasteiger partial charge in [-0.15, -0.1) is 11.3 Å². The fraction of sp³-hybridized carbons (Fsp3) is 0.615. The van der Waals surface area contributed by atoms with Crippen molar-refractivity contribution in [3.8, 4) is 0 Å². The van der Waals surface area contributed by atoms with Crippen LogP contribution in [0.4, 0.5) is 0 Å². The van der Waals surface area contributed by atoms with Gasteiger partial charge in [0.2, 0.25) is 5.91 Å². The molecule has 0 aliphatic heterocycles. The van der Waals surface area contributed by atoms with Crippen molar-refractivity contribution in [2.75, 3.05) is 20.2 Å². The molecule has 0 bridgehead atoms. The van der Waals surface area contributed by atoms with Crippen LogP contribution in [0.5, 0.6) is 0 Å². The second kappa shape index (κ2) is 9.44. The Hall–Kier alpha value is -1.47. The SMILES string of the molecule is COC(=O)CCCNC(=O)Cc1csc(CCCN)n1. The van der Waals surface area contributed by atoms with Gasteiger partial charge >= 0.3 is 5.97 Å². The van der Waals surface area contributed by atoms with Gasteiger partial charge in [0.25, 0.3) is 0 Å². The fourth-order valence-corrected chi connectivity index (χ4v) is 2.43. The molecule has 6 nitrogen and oxygen atoms in total. The number of carbonyl (C=O) groups is 2. The van der Waals surface area contributed by atoms with Crippen LogP contribution in [0, 0.1) is 0 Å². The second-order valence-corrected chi connectivity index (χ2v) is 5.27. The lowest BCUT2D eigenvalue weighted by atomic mass is 10.3. The molecule has 0 saturated heterocycles. The molecular weight excluding hydrogens is 278 g/mol. The number of methoxy groups -OCH3 is 1. The third-order valence-corrected chi connectivity index (χ3v) is 3.60. The van der Waals surface area contributed by atoms with E-state index in [9.17, 15) is 9.59 Å². The van der Waals surface area contributed by atoms with Crippen LogP contribution in [0.1, 0.15) is 30.0 Å². The number of nitrogens with zero attached hydrogens (tertiary/aromatic N) is 1. The van der Waals surface area contributed by atoms with Crippen LogP contribution in [0.25, 0.3) is 0 Å². The Labute approximate surface area is 122 Å². The highest BCUT2D eigenvalue weighted by molar-refractivity contribution is 7.09. The van der Waals surface area contributed by atoms with Crippen LogP contribution in [0.3, 0.4) is 0 Å². The van der Waals surface area contributed by atoms with Crippen LogP contribution < -0.4 is 11.1 Å². The predicted molar refractivity (Wildman–Crippen MR) is 77.5 cm³/mol. The monoisotopic (exact) mass is 299 g/mol. The number of esters is 1. The van der Waals surface area contributed by atoms with E-state index in [-0.39, 0.29) is 18.3 Å². The summed E-state index contributed by atoms with van der Waals surface area (Å²) in [6, 6.07) is 0.